The van der Waals surface area contributed by atoms with Gasteiger partial charge in [-0.05, 0) is 43.3 Å². The minimum absolute atomic E-state index is 0.294. The Kier molecular flexibility index (Phi) is 2.15. The Hall–Kier alpha value is -2.22. The fraction of sp³-hybridized carbons (Fsp3) is 0.0667. The second kappa shape index (κ2) is 3.67. The lowest BCUT2D eigenvalue weighted by Gasteiger charge is -2.08. The monoisotopic (exact) mass is 223 g/mol. The number of aryl methyl sites for hydroxylation is 1. The first-order valence-corrected chi connectivity index (χ1v) is 5.62. The van der Waals surface area contributed by atoms with Crippen LogP contribution in [0.15, 0.2) is 54.6 Å². The van der Waals surface area contributed by atoms with Crippen molar-refractivity contribution in [3.63, 3.8) is 0 Å². The summed E-state index contributed by atoms with van der Waals surface area (Å²) in [6, 6.07) is 17.7. The van der Waals surface area contributed by atoms with Gasteiger partial charge < -0.3 is 9.67 Å². The maximum atomic E-state index is 9.33. The zero-order chi connectivity index (χ0) is 11.8. The highest BCUT2D eigenvalue weighted by atomic mass is 16.3. The molecule has 0 spiro atoms. The quantitative estimate of drug-likeness (QED) is 0.669. The summed E-state index contributed by atoms with van der Waals surface area (Å²) in [6.45, 7) is 2.09. The molecule has 1 aromatic heterocycles. The van der Waals surface area contributed by atoms with Gasteiger partial charge in [-0.1, -0.05) is 18.2 Å². The molecule has 0 bridgehead atoms. The molecule has 0 saturated heterocycles. The zero-order valence-corrected chi connectivity index (χ0v) is 9.59. The number of para-hydroxylation sites is 1. The third-order valence-electron chi connectivity index (χ3n) is 3.00. The van der Waals surface area contributed by atoms with E-state index in [1.165, 1.54) is 16.6 Å². The molecule has 0 aliphatic rings. The van der Waals surface area contributed by atoms with Crippen LogP contribution in [0, 0.1) is 6.92 Å². The van der Waals surface area contributed by atoms with E-state index in [1.807, 2.05) is 24.3 Å². The van der Waals surface area contributed by atoms with Crippen LogP contribution in [-0.2, 0) is 0 Å². The topological polar surface area (TPSA) is 25.2 Å². The molecule has 3 rings (SSSR count). The highest BCUT2D eigenvalue weighted by Gasteiger charge is 2.06. The maximum Gasteiger partial charge on any atom is 0.115 e. The summed E-state index contributed by atoms with van der Waals surface area (Å²) in [5.41, 5.74) is 3.45. The first kappa shape index (κ1) is 9.97. The van der Waals surface area contributed by atoms with Crippen LogP contribution in [0.25, 0.3) is 16.6 Å². The molecular weight excluding hydrogens is 210 g/mol. The molecule has 0 aliphatic carbocycles. The molecule has 2 nitrogen and oxygen atoms in total. The number of hydrogen-bond acceptors (Lipinski definition) is 1. The maximum absolute atomic E-state index is 9.33. The first-order valence-electron chi connectivity index (χ1n) is 5.62. The van der Waals surface area contributed by atoms with Crippen molar-refractivity contribution in [1.82, 2.24) is 4.57 Å². The van der Waals surface area contributed by atoms with Gasteiger partial charge in [0.15, 0.2) is 0 Å². The van der Waals surface area contributed by atoms with E-state index in [0.717, 1.165) is 5.69 Å². The Morgan fingerprint density at radius 2 is 1.65 bits per heavy atom. The van der Waals surface area contributed by atoms with Gasteiger partial charge in [-0.3, -0.25) is 0 Å². The summed E-state index contributed by atoms with van der Waals surface area (Å²) in [5.74, 6) is 0.294. The minimum atomic E-state index is 0.294. The molecule has 1 heterocycles. The first-order chi connectivity index (χ1) is 8.25. The van der Waals surface area contributed by atoms with E-state index >= 15 is 0 Å². The van der Waals surface area contributed by atoms with Gasteiger partial charge in [-0.2, -0.15) is 0 Å². The Bertz CT molecular complexity index is 665. The number of phenolic OH excluding ortho intramolecular Hbond substituents is 1. The summed E-state index contributed by atoms with van der Waals surface area (Å²) in [4.78, 5) is 0. The average Bonchev–Trinajstić information content (AvgIpc) is 2.66. The SMILES string of the molecule is Cc1cc2ccccc2n1-c1ccc(O)cc1. The molecule has 84 valence electrons. The number of aromatic hydroxyl groups is 1. The van der Waals surface area contributed by atoms with Gasteiger partial charge in [0, 0.05) is 16.8 Å². The van der Waals surface area contributed by atoms with Crippen LogP contribution in [0.2, 0.25) is 0 Å². The van der Waals surface area contributed by atoms with Crippen LogP contribution in [0.1, 0.15) is 5.69 Å². The molecule has 0 aliphatic heterocycles. The van der Waals surface area contributed by atoms with Crippen LogP contribution >= 0.6 is 0 Å². The van der Waals surface area contributed by atoms with Crippen molar-refractivity contribution in [3.05, 3.63) is 60.3 Å². The molecule has 17 heavy (non-hydrogen) atoms. The predicted molar refractivity (Wildman–Crippen MR) is 69.7 cm³/mol. The summed E-state index contributed by atoms with van der Waals surface area (Å²) in [5, 5.41) is 10.6. The molecule has 0 saturated carbocycles. The number of phenols is 1. The highest BCUT2D eigenvalue weighted by molar-refractivity contribution is 5.83. The Balaban J connectivity index is 2.29. The summed E-state index contributed by atoms with van der Waals surface area (Å²) in [7, 11) is 0. The van der Waals surface area contributed by atoms with E-state index in [-0.39, 0.29) is 0 Å². The number of rotatable bonds is 1. The molecule has 0 atom stereocenters. The smallest absolute Gasteiger partial charge is 0.115 e. The second-order valence-corrected chi connectivity index (χ2v) is 4.20. The molecule has 1 N–H and O–H groups in total. The molecule has 0 radical (unpaired) electrons. The summed E-state index contributed by atoms with van der Waals surface area (Å²) < 4.78 is 2.19. The van der Waals surface area contributed by atoms with Crippen molar-refractivity contribution in [2.24, 2.45) is 0 Å². The Morgan fingerprint density at radius 1 is 0.941 bits per heavy atom. The van der Waals surface area contributed by atoms with Crippen LogP contribution in [0.5, 0.6) is 5.75 Å². The molecule has 2 aromatic carbocycles. The lowest BCUT2D eigenvalue weighted by Crippen LogP contribution is -1.95. The molecule has 0 amide bonds. The third-order valence-corrected chi connectivity index (χ3v) is 3.00. The van der Waals surface area contributed by atoms with Crippen LogP contribution < -0.4 is 0 Å². The van der Waals surface area contributed by atoms with E-state index in [1.54, 1.807) is 12.1 Å². The van der Waals surface area contributed by atoms with Crippen LogP contribution in [0.4, 0.5) is 0 Å². The number of hydrogen-bond donors (Lipinski definition) is 1. The largest absolute Gasteiger partial charge is 0.508 e. The average molecular weight is 223 g/mol. The molecule has 3 aromatic rings. The van der Waals surface area contributed by atoms with Crippen molar-refractivity contribution in [1.29, 1.82) is 0 Å². The summed E-state index contributed by atoms with van der Waals surface area (Å²) >= 11 is 0. The standard InChI is InChI=1S/C15H13NO/c1-11-10-12-4-2-3-5-15(12)16(11)13-6-8-14(17)9-7-13/h2-10,17H,1H3. The van der Waals surface area contributed by atoms with E-state index in [2.05, 4.69) is 29.7 Å². The summed E-state index contributed by atoms with van der Waals surface area (Å²) in [6.07, 6.45) is 0. The molecule has 0 unspecified atom stereocenters. The van der Waals surface area contributed by atoms with Gasteiger partial charge in [0.25, 0.3) is 0 Å². The lowest BCUT2D eigenvalue weighted by molar-refractivity contribution is 0.475. The van der Waals surface area contributed by atoms with Crippen molar-refractivity contribution in [2.75, 3.05) is 0 Å². The fourth-order valence-electron chi connectivity index (χ4n) is 2.24. The predicted octanol–water partition coefficient (Wildman–Crippen LogP) is 3.64. The van der Waals surface area contributed by atoms with Gasteiger partial charge in [0.05, 0.1) is 5.52 Å². The van der Waals surface area contributed by atoms with Gasteiger partial charge in [-0.25, -0.2) is 0 Å². The number of benzene rings is 2. The number of fused-ring (bicyclic) bond motifs is 1. The van der Waals surface area contributed by atoms with Crippen molar-refractivity contribution >= 4 is 10.9 Å². The van der Waals surface area contributed by atoms with Crippen molar-refractivity contribution in [3.8, 4) is 11.4 Å². The van der Waals surface area contributed by atoms with Gasteiger partial charge in [0.2, 0.25) is 0 Å². The lowest BCUT2D eigenvalue weighted by atomic mass is 10.2. The fourth-order valence-corrected chi connectivity index (χ4v) is 2.24. The number of aromatic nitrogens is 1. The van der Waals surface area contributed by atoms with E-state index in [9.17, 15) is 5.11 Å². The van der Waals surface area contributed by atoms with Crippen molar-refractivity contribution < 1.29 is 5.11 Å². The van der Waals surface area contributed by atoms with E-state index in [4.69, 9.17) is 0 Å². The molecule has 0 fully saturated rings. The Morgan fingerprint density at radius 3 is 2.41 bits per heavy atom. The molecule has 2 heteroatoms. The van der Waals surface area contributed by atoms with E-state index < -0.39 is 0 Å². The minimum Gasteiger partial charge on any atom is -0.508 e. The van der Waals surface area contributed by atoms with Crippen LogP contribution in [-0.4, -0.2) is 9.67 Å². The van der Waals surface area contributed by atoms with Gasteiger partial charge in [0.1, 0.15) is 5.75 Å². The Labute approximate surface area is 99.7 Å². The number of nitrogens with zero attached hydrogens (tertiary/aromatic N) is 1. The van der Waals surface area contributed by atoms with Crippen LogP contribution in [0.3, 0.4) is 0 Å². The molecular formula is C15H13NO. The second-order valence-electron chi connectivity index (χ2n) is 4.20. The normalized spacial score (nSPS) is 10.9. The third kappa shape index (κ3) is 1.58. The highest BCUT2D eigenvalue weighted by Crippen LogP contribution is 2.24. The zero-order valence-electron chi connectivity index (χ0n) is 9.59. The van der Waals surface area contributed by atoms with E-state index in [0.29, 0.717) is 5.75 Å². The van der Waals surface area contributed by atoms with Gasteiger partial charge >= 0.3 is 0 Å². The van der Waals surface area contributed by atoms with Gasteiger partial charge in [-0.15, -0.1) is 0 Å². The van der Waals surface area contributed by atoms with Crippen molar-refractivity contribution in [2.45, 2.75) is 6.92 Å².